The Morgan fingerprint density at radius 3 is 2.73 bits per heavy atom. The van der Waals surface area contributed by atoms with Crippen LogP contribution in [0.15, 0.2) is 60.8 Å². The normalized spacial score (nSPS) is 12.5. The van der Waals surface area contributed by atoms with Crippen LogP contribution in [-0.4, -0.2) is 33.0 Å². The summed E-state index contributed by atoms with van der Waals surface area (Å²) in [5.41, 5.74) is 9.55. The number of hydrogen-bond donors (Lipinski definition) is 4. The number of aromatic nitrogens is 3. The fourth-order valence-corrected chi connectivity index (χ4v) is 4.47. The van der Waals surface area contributed by atoms with Gasteiger partial charge in [-0.25, -0.2) is 14.8 Å². The maximum Gasteiger partial charge on any atom is 0.416 e. The van der Waals surface area contributed by atoms with Gasteiger partial charge in [0, 0.05) is 49.7 Å². The van der Waals surface area contributed by atoms with Gasteiger partial charge in [0.25, 0.3) is 5.91 Å². The Morgan fingerprint density at radius 1 is 1.15 bits per heavy atom. The van der Waals surface area contributed by atoms with Crippen molar-refractivity contribution >= 4 is 23.6 Å². The van der Waals surface area contributed by atoms with E-state index in [1.54, 1.807) is 30.3 Å². The van der Waals surface area contributed by atoms with Crippen molar-refractivity contribution in [3.05, 3.63) is 94.3 Å². The predicted octanol–water partition coefficient (Wildman–Crippen LogP) is 4.09. The first-order chi connectivity index (χ1) is 19.6. The van der Waals surface area contributed by atoms with Crippen molar-refractivity contribution in [1.82, 2.24) is 25.2 Å². The van der Waals surface area contributed by atoms with E-state index in [-0.39, 0.29) is 18.4 Å². The number of carbonyl (C=O) groups excluding carboxylic acids is 2. The van der Waals surface area contributed by atoms with E-state index in [4.69, 9.17) is 5.73 Å². The number of alkyl halides is 3. The maximum absolute atomic E-state index is 12.9. The molecular weight excluding hydrogens is 535 g/mol. The summed E-state index contributed by atoms with van der Waals surface area (Å²) >= 11 is 0. The molecule has 5 rings (SSSR count). The van der Waals surface area contributed by atoms with Crippen LogP contribution in [0.3, 0.4) is 0 Å². The summed E-state index contributed by atoms with van der Waals surface area (Å²) in [7, 11) is 1.86. The highest BCUT2D eigenvalue weighted by Gasteiger charge is 2.30. The Labute approximate surface area is 233 Å². The second kappa shape index (κ2) is 11.1. The molecule has 1 aliphatic rings. The lowest BCUT2D eigenvalue weighted by Gasteiger charge is -2.14. The van der Waals surface area contributed by atoms with Gasteiger partial charge < -0.3 is 26.3 Å². The number of carbonyl (C=O) groups is 2. The molecule has 2 aromatic heterocycles. The predicted molar refractivity (Wildman–Crippen MR) is 147 cm³/mol. The molecule has 1 aliphatic heterocycles. The van der Waals surface area contributed by atoms with E-state index in [1.165, 1.54) is 18.3 Å². The van der Waals surface area contributed by atoms with Crippen molar-refractivity contribution in [1.29, 1.82) is 0 Å². The molecule has 0 unspecified atom stereocenters. The van der Waals surface area contributed by atoms with Crippen molar-refractivity contribution in [3.63, 3.8) is 0 Å². The SMILES string of the molecule is Cn1c(-c2nc(N)ncc2C#Cc2cccc(NC(=O)NCc3cccc(C(F)(F)F)c3)c2)cc2c1CCNC2=O. The van der Waals surface area contributed by atoms with E-state index in [1.807, 2.05) is 11.6 Å². The molecule has 208 valence electrons. The van der Waals surface area contributed by atoms with Crippen molar-refractivity contribution < 1.29 is 22.8 Å². The van der Waals surface area contributed by atoms with Crippen LogP contribution in [0.2, 0.25) is 0 Å². The molecule has 9 nitrogen and oxygen atoms in total. The number of nitrogen functional groups attached to an aromatic ring is 1. The van der Waals surface area contributed by atoms with Crippen molar-refractivity contribution in [3.8, 4) is 23.2 Å². The molecule has 0 saturated carbocycles. The molecule has 0 radical (unpaired) electrons. The summed E-state index contributed by atoms with van der Waals surface area (Å²) in [5.74, 6) is 6.01. The third kappa shape index (κ3) is 6.14. The Balaban J connectivity index is 1.32. The fraction of sp³-hybridized carbons (Fsp3) is 0.172. The summed E-state index contributed by atoms with van der Waals surface area (Å²) in [6, 6.07) is 12.7. The van der Waals surface area contributed by atoms with Gasteiger partial charge in [0.15, 0.2) is 0 Å². The zero-order valence-corrected chi connectivity index (χ0v) is 21.8. The Bertz CT molecular complexity index is 1720. The molecule has 4 aromatic rings. The lowest BCUT2D eigenvalue weighted by molar-refractivity contribution is -0.137. The lowest BCUT2D eigenvalue weighted by Crippen LogP contribution is -2.31. The molecule has 2 aromatic carbocycles. The Kier molecular flexibility index (Phi) is 7.35. The largest absolute Gasteiger partial charge is 0.416 e. The second-order valence-electron chi connectivity index (χ2n) is 9.28. The molecule has 0 bridgehead atoms. The number of nitrogens with two attached hydrogens (primary N) is 1. The molecule has 0 fully saturated rings. The second-order valence-corrected chi connectivity index (χ2v) is 9.28. The number of amides is 3. The van der Waals surface area contributed by atoms with Crippen LogP contribution in [0.5, 0.6) is 0 Å². The van der Waals surface area contributed by atoms with Gasteiger partial charge in [0.2, 0.25) is 5.95 Å². The van der Waals surface area contributed by atoms with Crippen molar-refractivity contribution in [2.45, 2.75) is 19.1 Å². The van der Waals surface area contributed by atoms with Crippen LogP contribution in [0, 0.1) is 11.8 Å². The van der Waals surface area contributed by atoms with Gasteiger partial charge in [-0.3, -0.25) is 4.79 Å². The van der Waals surface area contributed by atoms with Gasteiger partial charge in [-0.2, -0.15) is 13.2 Å². The quantitative estimate of drug-likeness (QED) is 0.280. The zero-order chi connectivity index (χ0) is 29.1. The van der Waals surface area contributed by atoms with Crippen LogP contribution < -0.4 is 21.7 Å². The monoisotopic (exact) mass is 559 g/mol. The van der Waals surface area contributed by atoms with E-state index in [0.29, 0.717) is 52.3 Å². The van der Waals surface area contributed by atoms with Gasteiger partial charge >= 0.3 is 12.2 Å². The number of rotatable bonds is 4. The molecule has 3 amide bonds. The van der Waals surface area contributed by atoms with E-state index in [2.05, 4.69) is 37.8 Å². The van der Waals surface area contributed by atoms with E-state index in [0.717, 1.165) is 17.8 Å². The first-order valence-electron chi connectivity index (χ1n) is 12.5. The average molecular weight is 560 g/mol. The molecule has 0 aliphatic carbocycles. The number of benzene rings is 2. The number of urea groups is 1. The minimum absolute atomic E-state index is 0.0662. The summed E-state index contributed by atoms with van der Waals surface area (Å²) in [6.07, 6.45) is -2.26. The molecular formula is C29H24F3N7O2. The molecule has 3 heterocycles. The number of anilines is 2. The van der Waals surface area contributed by atoms with Gasteiger partial charge in [-0.15, -0.1) is 0 Å². The maximum atomic E-state index is 12.9. The number of nitrogens with one attached hydrogen (secondary N) is 3. The summed E-state index contributed by atoms with van der Waals surface area (Å²) in [5, 5.41) is 8.04. The van der Waals surface area contributed by atoms with Gasteiger partial charge in [0.1, 0.15) is 5.69 Å². The molecule has 5 N–H and O–H groups in total. The lowest BCUT2D eigenvalue weighted by atomic mass is 10.1. The van der Waals surface area contributed by atoms with Crippen LogP contribution in [0.4, 0.5) is 29.6 Å². The standard InChI is InChI=1S/C29H24F3N7O2/c1-39-23-10-11-34-26(40)22(23)14-24(39)25-19(16-35-27(33)38-25)9-8-17-4-3-7-21(13-17)37-28(41)36-15-18-5-2-6-20(12-18)29(30,31)32/h2-7,12-14,16H,10-11,15H2,1H3,(H,34,40)(H2,33,35,38)(H2,36,37,41). The third-order valence-corrected chi connectivity index (χ3v) is 6.47. The van der Waals surface area contributed by atoms with E-state index >= 15 is 0 Å². The highest BCUT2D eigenvalue weighted by atomic mass is 19.4. The average Bonchev–Trinajstić information content (AvgIpc) is 3.28. The van der Waals surface area contributed by atoms with E-state index in [9.17, 15) is 22.8 Å². The van der Waals surface area contributed by atoms with Crippen molar-refractivity contribution in [2.75, 3.05) is 17.6 Å². The van der Waals surface area contributed by atoms with Gasteiger partial charge in [0.05, 0.1) is 22.4 Å². The molecule has 0 saturated heterocycles. The smallest absolute Gasteiger partial charge is 0.368 e. The molecule has 0 spiro atoms. The minimum atomic E-state index is -4.46. The van der Waals surface area contributed by atoms with Gasteiger partial charge in [-0.1, -0.05) is 30.0 Å². The molecule has 0 atom stereocenters. The third-order valence-electron chi connectivity index (χ3n) is 6.47. The topological polar surface area (TPSA) is 127 Å². The van der Waals surface area contributed by atoms with Crippen LogP contribution in [0.25, 0.3) is 11.4 Å². The minimum Gasteiger partial charge on any atom is -0.368 e. The van der Waals surface area contributed by atoms with Crippen LogP contribution >= 0.6 is 0 Å². The Hall–Kier alpha value is -5.31. The zero-order valence-electron chi connectivity index (χ0n) is 21.8. The van der Waals surface area contributed by atoms with Crippen LogP contribution in [0.1, 0.15) is 38.3 Å². The van der Waals surface area contributed by atoms with E-state index < -0.39 is 17.8 Å². The summed E-state index contributed by atoms with van der Waals surface area (Å²) < 4.78 is 40.7. The van der Waals surface area contributed by atoms with Crippen molar-refractivity contribution in [2.24, 2.45) is 7.05 Å². The Morgan fingerprint density at radius 2 is 1.95 bits per heavy atom. The highest BCUT2D eigenvalue weighted by molar-refractivity contribution is 5.98. The summed E-state index contributed by atoms with van der Waals surface area (Å²) in [6.45, 7) is 0.467. The first-order valence-corrected chi connectivity index (χ1v) is 12.5. The van der Waals surface area contributed by atoms with Gasteiger partial charge in [-0.05, 0) is 42.0 Å². The number of nitrogens with zero attached hydrogens (tertiary/aromatic N) is 3. The first kappa shape index (κ1) is 27.3. The number of halogens is 3. The number of fused-ring (bicyclic) bond motifs is 1. The summed E-state index contributed by atoms with van der Waals surface area (Å²) in [4.78, 5) is 33.2. The number of hydrogen-bond acceptors (Lipinski definition) is 5. The highest BCUT2D eigenvalue weighted by Crippen LogP contribution is 2.30. The fourth-order valence-electron chi connectivity index (χ4n) is 4.47. The molecule has 41 heavy (non-hydrogen) atoms. The molecule has 12 heteroatoms. The van der Waals surface area contributed by atoms with Crippen LogP contribution in [-0.2, 0) is 26.2 Å².